The lowest BCUT2D eigenvalue weighted by atomic mass is 10.1. The average Bonchev–Trinajstić information content (AvgIpc) is 3.00. The van der Waals surface area contributed by atoms with Crippen LogP contribution in [0.2, 0.25) is 0 Å². The van der Waals surface area contributed by atoms with Gasteiger partial charge in [0.15, 0.2) is 0 Å². The largest absolute Gasteiger partial charge is 0.381 e. The molecule has 0 unspecified atom stereocenters. The Labute approximate surface area is 113 Å². The van der Waals surface area contributed by atoms with Gasteiger partial charge in [-0.2, -0.15) is 11.3 Å². The second-order valence-electron chi connectivity index (χ2n) is 4.88. The number of likely N-dealkylation sites (tertiary alicyclic amines) is 1. The van der Waals surface area contributed by atoms with Gasteiger partial charge in [0.05, 0.1) is 13.0 Å². The molecule has 0 saturated carbocycles. The summed E-state index contributed by atoms with van der Waals surface area (Å²) >= 11 is 1.65. The van der Waals surface area contributed by atoms with E-state index in [9.17, 15) is 4.79 Å². The van der Waals surface area contributed by atoms with Crippen molar-refractivity contribution in [1.29, 1.82) is 0 Å². The Morgan fingerprint density at radius 1 is 1.61 bits per heavy atom. The average molecular weight is 267 g/mol. The highest BCUT2D eigenvalue weighted by molar-refractivity contribution is 7.07. The molecule has 1 amide bonds. The van der Waals surface area contributed by atoms with Crippen LogP contribution in [0.25, 0.3) is 0 Å². The fourth-order valence-corrected chi connectivity index (χ4v) is 2.94. The maximum Gasteiger partial charge on any atom is 0.227 e. The van der Waals surface area contributed by atoms with Crippen molar-refractivity contribution in [2.45, 2.75) is 26.2 Å². The molecule has 1 atom stereocenters. The summed E-state index contributed by atoms with van der Waals surface area (Å²) in [4.78, 5) is 14.1. The third kappa shape index (κ3) is 3.82. The lowest BCUT2D eigenvalue weighted by Crippen LogP contribution is -2.30. The number of amides is 1. The molecule has 2 heterocycles. The highest BCUT2D eigenvalue weighted by atomic mass is 32.1. The third-order valence-corrected chi connectivity index (χ3v) is 4.01. The van der Waals surface area contributed by atoms with E-state index in [2.05, 4.69) is 12.3 Å². The SMILES string of the molecule is CCCOC[C@@H]1CCN(C(=O)Cc2ccsc2)C1. The molecule has 1 fully saturated rings. The summed E-state index contributed by atoms with van der Waals surface area (Å²) in [5.74, 6) is 0.786. The van der Waals surface area contributed by atoms with E-state index in [4.69, 9.17) is 4.74 Å². The van der Waals surface area contributed by atoms with Crippen LogP contribution in [0.3, 0.4) is 0 Å². The lowest BCUT2D eigenvalue weighted by Gasteiger charge is -2.16. The molecule has 1 aromatic heterocycles. The number of hydrogen-bond acceptors (Lipinski definition) is 3. The van der Waals surface area contributed by atoms with Gasteiger partial charge in [0.1, 0.15) is 0 Å². The van der Waals surface area contributed by atoms with Gasteiger partial charge in [-0.05, 0) is 35.2 Å². The van der Waals surface area contributed by atoms with Crippen molar-refractivity contribution < 1.29 is 9.53 Å². The van der Waals surface area contributed by atoms with Crippen LogP contribution in [0.4, 0.5) is 0 Å². The maximum atomic E-state index is 12.1. The van der Waals surface area contributed by atoms with Crippen molar-refractivity contribution in [2.24, 2.45) is 5.92 Å². The molecule has 0 aromatic carbocycles. The molecule has 1 saturated heterocycles. The van der Waals surface area contributed by atoms with E-state index < -0.39 is 0 Å². The standard InChI is InChI=1S/C14H21NO2S/c1-2-6-17-10-13-3-5-15(9-13)14(16)8-12-4-7-18-11-12/h4,7,11,13H,2-3,5-6,8-10H2,1H3/t13-/m1/s1. The molecule has 0 aliphatic carbocycles. The molecular weight excluding hydrogens is 246 g/mol. The zero-order chi connectivity index (χ0) is 12.8. The van der Waals surface area contributed by atoms with Crippen LogP contribution in [0, 0.1) is 5.92 Å². The smallest absolute Gasteiger partial charge is 0.227 e. The van der Waals surface area contributed by atoms with Crippen molar-refractivity contribution >= 4 is 17.2 Å². The molecular formula is C14H21NO2S. The van der Waals surface area contributed by atoms with E-state index in [1.54, 1.807) is 11.3 Å². The summed E-state index contributed by atoms with van der Waals surface area (Å²) in [5.41, 5.74) is 1.13. The second kappa shape index (κ2) is 6.90. The molecule has 1 aliphatic heterocycles. The number of carbonyl (C=O) groups excluding carboxylic acids is 1. The monoisotopic (exact) mass is 267 g/mol. The Morgan fingerprint density at radius 2 is 2.50 bits per heavy atom. The highest BCUT2D eigenvalue weighted by Gasteiger charge is 2.26. The normalized spacial score (nSPS) is 19.4. The van der Waals surface area contributed by atoms with Gasteiger partial charge in [-0.15, -0.1) is 0 Å². The molecule has 3 nitrogen and oxygen atoms in total. The molecule has 1 aromatic rings. The highest BCUT2D eigenvalue weighted by Crippen LogP contribution is 2.18. The van der Waals surface area contributed by atoms with E-state index in [0.29, 0.717) is 12.3 Å². The van der Waals surface area contributed by atoms with E-state index in [0.717, 1.165) is 44.7 Å². The minimum Gasteiger partial charge on any atom is -0.381 e. The van der Waals surface area contributed by atoms with Gasteiger partial charge < -0.3 is 9.64 Å². The van der Waals surface area contributed by atoms with E-state index >= 15 is 0 Å². The first-order valence-corrected chi connectivity index (χ1v) is 7.60. The Kier molecular flexibility index (Phi) is 5.20. The summed E-state index contributed by atoms with van der Waals surface area (Å²) in [6.45, 7) is 5.51. The van der Waals surface area contributed by atoms with Crippen molar-refractivity contribution in [3.05, 3.63) is 22.4 Å². The number of ether oxygens (including phenoxy) is 1. The summed E-state index contributed by atoms with van der Waals surface area (Å²) in [5, 5.41) is 4.07. The third-order valence-electron chi connectivity index (χ3n) is 3.28. The molecule has 0 spiro atoms. The van der Waals surface area contributed by atoms with Crippen LogP contribution in [-0.2, 0) is 16.0 Å². The van der Waals surface area contributed by atoms with Crippen LogP contribution in [0.5, 0.6) is 0 Å². The molecule has 18 heavy (non-hydrogen) atoms. The van der Waals surface area contributed by atoms with Gasteiger partial charge in [-0.25, -0.2) is 0 Å². The van der Waals surface area contributed by atoms with Crippen LogP contribution < -0.4 is 0 Å². The van der Waals surface area contributed by atoms with E-state index in [1.165, 1.54) is 0 Å². The van der Waals surface area contributed by atoms with Gasteiger partial charge in [0.2, 0.25) is 5.91 Å². The molecule has 0 N–H and O–H groups in total. The van der Waals surface area contributed by atoms with Crippen LogP contribution in [0.1, 0.15) is 25.3 Å². The minimum atomic E-state index is 0.256. The van der Waals surface area contributed by atoms with E-state index in [-0.39, 0.29) is 5.91 Å². The van der Waals surface area contributed by atoms with Gasteiger partial charge in [0.25, 0.3) is 0 Å². The second-order valence-corrected chi connectivity index (χ2v) is 5.66. The number of thiophene rings is 1. The molecule has 2 rings (SSSR count). The molecule has 100 valence electrons. The van der Waals surface area contributed by atoms with Crippen molar-refractivity contribution in [3.63, 3.8) is 0 Å². The van der Waals surface area contributed by atoms with E-state index in [1.807, 2.05) is 16.3 Å². The van der Waals surface area contributed by atoms with Gasteiger partial charge >= 0.3 is 0 Å². The summed E-state index contributed by atoms with van der Waals surface area (Å²) in [6.07, 6.45) is 2.69. The Bertz CT molecular complexity index is 364. The Morgan fingerprint density at radius 3 is 3.22 bits per heavy atom. The molecule has 0 bridgehead atoms. The first-order chi connectivity index (χ1) is 8.79. The van der Waals surface area contributed by atoms with Gasteiger partial charge in [-0.1, -0.05) is 6.92 Å². The van der Waals surface area contributed by atoms with Crippen LogP contribution in [-0.4, -0.2) is 37.1 Å². The first kappa shape index (κ1) is 13.6. The first-order valence-electron chi connectivity index (χ1n) is 6.66. The number of hydrogen-bond donors (Lipinski definition) is 0. The molecule has 1 aliphatic rings. The van der Waals surface area contributed by atoms with Crippen LogP contribution >= 0.6 is 11.3 Å². The molecule has 4 heteroatoms. The Hall–Kier alpha value is -0.870. The Balaban J connectivity index is 1.72. The summed E-state index contributed by atoms with van der Waals surface area (Å²) in [7, 11) is 0. The zero-order valence-corrected chi connectivity index (χ0v) is 11.7. The topological polar surface area (TPSA) is 29.5 Å². The summed E-state index contributed by atoms with van der Waals surface area (Å²) in [6, 6.07) is 2.03. The lowest BCUT2D eigenvalue weighted by molar-refractivity contribution is -0.129. The molecule has 0 radical (unpaired) electrons. The van der Waals surface area contributed by atoms with Crippen molar-refractivity contribution in [2.75, 3.05) is 26.3 Å². The van der Waals surface area contributed by atoms with Crippen LogP contribution in [0.15, 0.2) is 16.8 Å². The van der Waals surface area contributed by atoms with Gasteiger partial charge in [0, 0.05) is 25.6 Å². The number of nitrogens with zero attached hydrogens (tertiary/aromatic N) is 1. The van der Waals surface area contributed by atoms with Gasteiger partial charge in [-0.3, -0.25) is 4.79 Å². The van der Waals surface area contributed by atoms with Crippen molar-refractivity contribution in [1.82, 2.24) is 4.90 Å². The quantitative estimate of drug-likeness (QED) is 0.741. The fourth-order valence-electron chi connectivity index (χ4n) is 2.27. The van der Waals surface area contributed by atoms with Crippen molar-refractivity contribution in [3.8, 4) is 0 Å². The minimum absolute atomic E-state index is 0.256. The predicted molar refractivity (Wildman–Crippen MR) is 73.8 cm³/mol. The summed E-state index contributed by atoms with van der Waals surface area (Å²) < 4.78 is 5.56. The zero-order valence-electron chi connectivity index (χ0n) is 10.9. The number of carbonyl (C=O) groups is 1. The number of rotatable bonds is 6. The predicted octanol–water partition coefficient (Wildman–Crippen LogP) is 2.57. The fraction of sp³-hybridized carbons (Fsp3) is 0.643. The maximum absolute atomic E-state index is 12.1.